The fourth-order valence-corrected chi connectivity index (χ4v) is 3.85. The zero-order valence-electron chi connectivity index (χ0n) is 9.79. The monoisotopic (exact) mass is 196 g/mol. The highest BCUT2D eigenvalue weighted by molar-refractivity contribution is 5.12. The average molecular weight is 196 g/mol. The Morgan fingerprint density at radius 3 is 2.71 bits per heavy atom. The van der Waals surface area contributed by atoms with Gasteiger partial charge in [-0.2, -0.15) is 0 Å². The molecule has 5 atom stereocenters. The number of aliphatic hydroxyl groups excluding tert-OH is 1. The second kappa shape index (κ2) is 3.52. The minimum atomic E-state index is 0.00519. The maximum atomic E-state index is 10.0. The fourth-order valence-electron chi connectivity index (χ4n) is 3.85. The first kappa shape index (κ1) is 10.5. The lowest BCUT2D eigenvalue weighted by Gasteiger charge is -2.29. The molecule has 0 aliphatic heterocycles. The van der Waals surface area contributed by atoms with Gasteiger partial charge in [0.05, 0.1) is 6.10 Å². The Morgan fingerprint density at radius 2 is 2.21 bits per heavy atom. The molecule has 0 saturated heterocycles. The molecule has 0 radical (unpaired) electrons. The molecule has 1 nitrogen and oxygen atoms in total. The van der Waals surface area contributed by atoms with Crippen molar-refractivity contribution in [3.05, 3.63) is 0 Å². The normalized spacial score (nSPS) is 47.6. The van der Waals surface area contributed by atoms with E-state index in [4.69, 9.17) is 0 Å². The number of rotatable bonds is 4. The Bertz CT molecular complexity index is 213. The topological polar surface area (TPSA) is 20.2 Å². The quantitative estimate of drug-likeness (QED) is 0.732. The van der Waals surface area contributed by atoms with Crippen molar-refractivity contribution in [2.24, 2.45) is 23.2 Å². The molecular weight excluding hydrogens is 172 g/mol. The minimum absolute atomic E-state index is 0.00519. The van der Waals surface area contributed by atoms with Crippen molar-refractivity contribution in [1.82, 2.24) is 0 Å². The van der Waals surface area contributed by atoms with Gasteiger partial charge in [-0.3, -0.25) is 0 Å². The zero-order chi connectivity index (χ0) is 10.3. The second-order valence-electron chi connectivity index (χ2n) is 5.86. The van der Waals surface area contributed by atoms with Gasteiger partial charge in [0.1, 0.15) is 0 Å². The van der Waals surface area contributed by atoms with E-state index in [2.05, 4.69) is 20.8 Å². The van der Waals surface area contributed by atoms with E-state index in [1.807, 2.05) is 0 Å². The third-order valence-corrected chi connectivity index (χ3v) is 4.79. The SMILES string of the molecule is CCCCC(C)C1[C@@H](O)CC2CC21C. The Kier molecular flexibility index (Phi) is 2.63. The zero-order valence-corrected chi connectivity index (χ0v) is 9.79. The summed E-state index contributed by atoms with van der Waals surface area (Å²) in [6.07, 6.45) is 6.38. The molecule has 2 aliphatic rings. The molecule has 82 valence electrons. The van der Waals surface area contributed by atoms with E-state index in [0.29, 0.717) is 11.3 Å². The van der Waals surface area contributed by atoms with Crippen molar-refractivity contribution >= 4 is 0 Å². The molecule has 0 bridgehead atoms. The van der Waals surface area contributed by atoms with Crippen molar-refractivity contribution in [3.8, 4) is 0 Å². The highest BCUT2D eigenvalue weighted by Gasteiger charge is 2.63. The molecule has 2 saturated carbocycles. The predicted molar refractivity (Wildman–Crippen MR) is 59.0 cm³/mol. The van der Waals surface area contributed by atoms with Crippen LogP contribution in [0.25, 0.3) is 0 Å². The molecule has 0 aromatic carbocycles. The van der Waals surface area contributed by atoms with Gasteiger partial charge in [-0.1, -0.05) is 40.0 Å². The number of unbranched alkanes of at least 4 members (excludes halogenated alkanes) is 1. The highest BCUT2D eigenvalue weighted by atomic mass is 16.3. The first-order valence-corrected chi connectivity index (χ1v) is 6.27. The van der Waals surface area contributed by atoms with Crippen LogP contribution in [-0.4, -0.2) is 11.2 Å². The maximum absolute atomic E-state index is 10.0. The Morgan fingerprint density at radius 1 is 1.50 bits per heavy atom. The van der Waals surface area contributed by atoms with E-state index in [1.54, 1.807) is 0 Å². The summed E-state index contributed by atoms with van der Waals surface area (Å²) in [4.78, 5) is 0. The second-order valence-corrected chi connectivity index (χ2v) is 5.86. The van der Waals surface area contributed by atoms with Crippen LogP contribution in [0.1, 0.15) is 52.9 Å². The third kappa shape index (κ3) is 1.50. The van der Waals surface area contributed by atoms with Gasteiger partial charge < -0.3 is 5.11 Å². The Labute approximate surface area is 87.9 Å². The molecule has 1 N–H and O–H groups in total. The molecule has 1 heteroatoms. The minimum Gasteiger partial charge on any atom is -0.393 e. The summed E-state index contributed by atoms with van der Waals surface area (Å²) < 4.78 is 0. The molecule has 0 heterocycles. The molecule has 0 amide bonds. The molecule has 4 unspecified atom stereocenters. The number of aliphatic hydroxyl groups is 1. The van der Waals surface area contributed by atoms with Crippen molar-refractivity contribution in [2.45, 2.75) is 59.0 Å². The Balaban J connectivity index is 1.95. The fraction of sp³-hybridized carbons (Fsp3) is 1.00. The van der Waals surface area contributed by atoms with Gasteiger partial charge in [-0.05, 0) is 36.0 Å². The lowest BCUT2D eigenvalue weighted by atomic mass is 9.78. The van der Waals surface area contributed by atoms with Crippen molar-refractivity contribution in [1.29, 1.82) is 0 Å². The van der Waals surface area contributed by atoms with Crippen LogP contribution in [0.4, 0.5) is 0 Å². The van der Waals surface area contributed by atoms with Crippen LogP contribution in [0, 0.1) is 23.2 Å². The van der Waals surface area contributed by atoms with E-state index in [1.165, 1.54) is 25.7 Å². The first-order chi connectivity index (χ1) is 6.59. The summed E-state index contributed by atoms with van der Waals surface area (Å²) in [6.45, 7) is 6.98. The van der Waals surface area contributed by atoms with E-state index in [-0.39, 0.29) is 6.10 Å². The summed E-state index contributed by atoms with van der Waals surface area (Å²) in [5, 5.41) is 10.0. The molecular formula is C13H24O. The van der Waals surface area contributed by atoms with Crippen molar-refractivity contribution < 1.29 is 5.11 Å². The van der Waals surface area contributed by atoms with Crippen LogP contribution in [-0.2, 0) is 0 Å². The summed E-state index contributed by atoms with van der Waals surface area (Å²) >= 11 is 0. The molecule has 2 aliphatic carbocycles. The average Bonchev–Trinajstić information content (AvgIpc) is 2.66. The largest absolute Gasteiger partial charge is 0.393 e. The van der Waals surface area contributed by atoms with Crippen molar-refractivity contribution in [3.63, 3.8) is 0 Å². The van der Waals surface area contributed by atoms with Gasteiger partial charge in [0, 0.05) is 0 Å². The van der Waals surface area contributed by atoms with Crippen LogP contribution in [0.5, 0.6) is 0 Å². The first-order valence-electron chi connectivity index (χ1n) is 6.27. The van der Waals surface area contributed by atoms with Gasteiger partial charge in [0.25, 0.3) is 0 Å². The van der Waals surface area contributed by atoms with Crippen LogP contribution >= 0.6 is 0 Å². The molecule has 14 heavy (non-hydrogen) atoms. The van der Waals surface area contributed by atoms with E-state index < -0.39 is 0 Å². The van der Waals surface area contributed by atoms with E-state index in [9.17, 15) is 5.11 Å². The van der Waals surface area contributed by atoms with Gasteiger partial charge in [0.2, 0.25) is 0 Å². The van der Waals surface area contributed by atoms with Crippen LogP contribution < -0.4 is 0 Å². The lowest BCUT2D eigenvalue weighted by Crippen LogP contribution is -2.28. The number of fused-ring (bicyclic) bond motifs is 1. The van der Waals surface area contributed by atoms with Gasteiger partial charge >= 0.3 is 0 Å². The standard InChI is InChI=1S/C13H24O/c1-4-5-6-9(2)12-11(14)7-10-8-13(10,12)3/h9-12,14H,4-8H2,1-3H3/t9?,10?,11-,12?,13?/m0/s1. The van der Waals surface area contributed by atoms with Crippen LogP contribution in [0.3, 0.4) is 0 Å². The number of hydrogen-bond acceptors (Lipinski definition) is 1. The van der Waals surface area contributed by atoms with Gasteiger partial charge in [-0.25, -0.2) is 0 Å². The molecule has 0 aromatic rings. The van der Waals surface area contributed by atoms with E-state index in [0.717, 1.165) is 18.3 Å². The van der Waals surface area contributed by atoms with Crippen molar-refractivity contribution in [2.75, 3.05) is 0 Å². The predicted octanol–water partition coefficient (Wildman–Crippen LogP) is 3.22. The molecule has 2 fully saturated rings. The maximum Gasteiger partial charge on any atom is 0.0579 e. The van der Waals surface area contributed by atoms with Gasteiger partial charge in [0.15, 0.2) is 0 Å². The van der Waals surface area contributed by atoms with Crippen LogP contribution in [0.2, 0.25) is 0 Å². The Hall–Kier alpha value is -0.0400. The van der Waals surface area contributed by atoms with Gasteiger partial charge in [-0.15, -0.1) is 0 Å². The molecule has 0 spiro atoms. The summed E-state index contributed by atoms with van der Waals surface area (Å²) in [5.74, 6) is 2.17. The van der Waals surface area contributed by atoms with E-state index >= 15 is 0 Å². The summed E-state index contributed by atoms with van der Waals surface area (Å²) in [7, 11) is 0. The summed E-state index contributed by atoms with van der Waals surface area (Å²) in [6, 6.07) is 0. The third-order valence-electron chi connectivity index (χ3n) is 4.79. The molecule has 0 aromatic heterocycles. The highest BCUT2D eigenvalue weighted by Crippen LogP contribution is 2.68. The summed E-state index contributed by atoms with van der Waals surface area (Å²) in [5.41, 5.74) is 0.520. The molecule has 2 rings (SSSR count). The number of hydrogen-bond donors (Lipinski definition) is 1. The lowest BCUT2D eigenvalue weighted by molar-refractivity contribution is 0.0587. The van der Waals surface area contributed by atoms with Crippen LogP contribution in [0.15, 0.2) is 0 Å². The smallest absolute Gasteiger partial charge is 0.0579 e.